The molecule has 0 saturated carbocycles. The van der Waals surface area contributed by atoms with Crippen molar-refractivity contribution in [2.45, 2.75) is 53.2 Å². The Bertz CT molecular complexity index is 532. The summed E-state index contributed by atoms with van der Waals surface area (Å²) in [4.78, 5) is 30.5. The largest absolute Gasteiger partial charge is 0.344 e. The summed E-state index contributed by atoms with van der Waals surface area (Å²) in [5.74, 6) is 0.606. The zero-order valence-electron chi connectivity index (χ0n) is 13.1. The number of rotatable bonds is 3. The summed E-state index contributed by atoms with van der Waals surface area (Å²) in [5, 5.41) is 6.95. The van der Waals surface area contributed by atoms with Crippen molar-refractivity contribution < 1.29 is 9.59 Å². The van der Waals surface area contributed by atoms with Gasteiger partial charge in [0.15, 0.2) is 0 Å². The van der Waals surface area contributed by atoms with Gasteiger partial charge in [-0.05, 0) is 12.3 Å². The monoisotopic (exact) mass is 293 g/mol. The first-order valence-electron chi connectivity index (χ1n) is 7.27. The Balaban J connectivity index is 2.22. The summed E-state index contributed by atoms with van der Waals surface area (Å²) in [6.45, 7) is 9.33. The second-order valence-corrected chi connectivity index (χ2v) is 6.37. The van der Waals surface area contributed by atoms with Crippen molar-refractivity contribution in [1.82, 2.24) is 25.0 Å². The average Bonchev–Trinajstić information content (AvgIpc) is 2.79. The molecule has 1 aromatic rings. The van der Waals surface area contributed by atoms with E-state index in [-0.39, 0.29) is 17.2 Å². The lowest BCUT2D eigenvalue weighted by Gasteiger charge is -2.32. The average molecular weight is 293 g/mol. The number of carbonyl (C=O) groups is 2. The molecule has 1 unspecified atom stereocenters. The normalized spacial score (nSPS) is 20.4. The minimum Gasteiger partial charge on any atom is -0.344 e. The summed E-state index contributed by atoms with van der Waals surface area (Å²) < 4.78 is 1.76. The number of carbonyl (C=O) groups excluding carboxylic acids is 2. The van der Waals surface area contributed by atoms with Gasteiger partial charge in [0.05, 0.1) is 6.54 Å². The van der Waals surface area contributed by atoms with E-state index in [0.29, 0.717) is 26.1 Å². The minimum absolute atomic E-state index is 0.0565. The Kier molecular flexibility index (Phi) is 4.29. The zero-order valence-corrected chi connectivity index (χ0v) is 13.1. The third-order valence-corrected chi connectivity index (χ3v) is 3.67. The molecule has 0 spiro atoms. The lowest BCUT2D eigenvalue weighted by atomic mass is 9.86. The van der Waals surface area contributed by atoms with E-state index >= 15 is 0 Å². The van der Waals surface area contributed by atoms with Crippen molar-refractivity contribution in [2.75, 3.05) is 6.54 Å². The Hall–Kier alpha value is -1.92. The van der Waals surface area contributed by atoms with Crippen LogP contribution >= 0.6 is 0 Å². The number of aromatic nitrogens is 3. The summed E-state index contributed by atoms with van der Waals surface area (Å²) in [7, 11) is 0. The molecule has 1 aromatic heterocycles. The first kappa shape index (κ1) is 15.5. The summed E-state index contributed by atoms with van der Waals surface area (Å²) in [5.41, 5.74) is -0.326. The van der Waals surface area contributed by atoms with E-state index in [1.807, 2.05) is 27.7 Å². The van der Waals surface area contributed by atoms with Crippen molar-refractivity contribution in [3.63, 3.8) is 0 Å². The standard InChI is InChI=1S/C14H23N5O2/c1-5-19-10(15-9-16-19)8-18-7-6-11(20)17-12(13(18)21)14(2,3)4/h9,12H,5-8H2,1-4H3,(H,17,20). The zero-order chi connectivity index (χ0) is 15.6. The molecular weight excluding hydrogens is 270 g/mol. The van der Waals surface area contributed by atoms with Crippen molar-refractivity contribution in [3.05, 3.63) is 12.2 Å². The highest BCUT2D eigenvalue weighted by Gasteiger charge is 2.38. The SMILES string of the molecule is CCn1ncnc1CN1CCC(=O)NC(C(C)(C)C)C1=O. The Morgan fingerprint density at radius 2 is 2.10 bits per heavy atom. The van der Waals surface area contributed by atoms with Crippen LogP contribution in [0.1, 0.15) is 39.9 Å². The number of hydrogen-bond donors (Lipinski definition) is 1. The van der Waals surface area contributed by atoms with Crippen molar-refractivity contribution >= 4 is 11.8 Å². The number of aryl methyl sites for hydroxylation is 1. The maximum Gasteiger partial charge on any atom is 0.246 e. The lowest BCUT2D eigenvalue weighted by Crippen LogP contribution is -2.51. The minimum atomic E-state index is -0.509. The molecule has 1 atom stereocenters. The van der Waals surface area contributed by atoms with Crippen LogP contribution < -0.4 is 5.32 Å². The number of nitrogens with one attached hydrogen (secondary N) is 1. The lowest BCUT2D eigenvalue weighted by molar-refractivity contribution is -0.137. The molecule has 116 valence electrons. The predicted molar refractivity (Wildman–Crippen MR) is 77.1 cm³/mol. The van der Waals surface area contributed by atoms with Crippen LogP contribution in [-0.2, 0) is 22.7 Å². The Morgan fingerprint density at radius 3 is 2.71 bits per heavy atom. The molecule has 0 bridgehead atoms. The van der Waals surface area contributed by atoms with E-state index in [9.17, 15) is 9.59 Å². The van der Waals surface area contributed by atoms with Gasteiger partial charge in [-0.3, -0.25) is 9.59 Å². The highest BCUT2D eigenvalue weighted by atomic mass is 16.2. The second-order valence-electron chi connectivity index (χ2n) is 6.37. The molecule has 7 heteroatoms. The van der Waals surface area contributed by atoms with Gasteiger partial charge in [0.25, 0.3) is 0 Å². The van der Waals surface area contributed by atoms with Crippen molar-refractivity contribution in [2.24, 2.45) is 5.41 Å². The van der Waals surface area contributed by atoms with Crippen LogP contribution in [0.2, 0.25) is 0 Å². The van der Waals surface area contributed by atoms with Gasteiger partial charge < -0.3 is 10.2 Å². The van der Waals surface area contributed by atoms with E-state index < -0.39 is 6.04 Å². The van der Waals surface area contributed by atoms with Gasteiger partial charge in [-0.25, -0.2) is 9.67 Å². The molecule has 0 radical (unpaired) electrons. The Morgan fingerprint density at radius 1 is 1.38 bits per heavy atom. The second kappa shape index (κ2) is 5.83. The fourth-order valence-corrected chi connectivity index (χ4v) is 2.41. The highest BCUT2D eigenvalue weighted by Crippen LogP contribution is 2.23. The number of nitrogens with zero attached hydrogens (tertiary/aromatic N) is 4. The van der Waals surface area contributed by atoms with Crippen LogP contribution in [0.15, 0.2) is 6.33 Å². The fourth-order valence-electron chi connectivity index (χ4n) is 2.41. The molecule has 2 amide bonds. The molecule has 0 aliphatic carbocycles. The highest BCUT2D eigenvalue weighted by molar-refractivity contribution is 5.90. The number of amides is 2. The van der Waals surface area contributed by atoms with Crippen LogP contribution in [0, 0.1) is 5.41 Å². The van der Waals surface area contributed by atoms with E-state index in [0.717, 1.165) is 5.82 Å². The van der Waals surface area contributed by atoms with Gasteiger partial charge >= 0.3 is 0 Å². The molecule has 0 aromatic carbocycles. The predicted octanol–water partition coefficient (Wildman–Crippen LogP) is 0.561. The van der Waals surface area contributed by atoms with Gasteiger partial charge in [-0.2, -0.15) is 5.10 Å². The van der Waals surface area contributed by atoms with E-state index in [1.165, 1.54) is 6.33 Å². The van der Waals surface area contributed by atoms with Gasteiger partial charge in [0.2, 0.25) is 11.8 Å². The molecular formula is C14H23N5O2. The van der Waals surface area contributed by atoms with Gasteiger partial charge in [0, 0.05) is 19.5 Å². The molecule has 1 aliphatic rings. The Labute approximate surface area is 124 Å². The third-order valence-electron chi connectivity index (χ3n) is 3.67. The van der Waals surface area contributed by atoms with Gasteiger partial charge in [-0.15, -0.1) is 0 Å². The topological polar surface area (TPSA) is 80.1 Å². The molecule has 1 fully saturated rings. The van der Waals surface area contributed by atoms with Crippen molar-refractivity contribution in [1.29, 1.82) is 0 Å². The summed E-state index contributed by atoms with van der Waals surface area (Å²) in [6.07, 6.45) is 1.81. The quantitative estimate of drug-likeness (QED) is 0.883. The van der Waals surface area contributed by atoms with Gasteiger partial charge in [-0.1, -0.05) is 20.8 Å². The molecule has 2 heterocycles. The van der Waals surface area contributed by atoms with E-state index in [4.69, 9.17) is 0 Å². The summed E-state index contributed by atoms with van der Waals surface area (Å²) >= 11 is 0. The molecule has 1 aliphatic heterocycles. The van der Waals surface area contributed by atoms with Crippen molar-refractivity contribution in [3.8, 4) is 0 Å². The third kappa shape index (κ3) is 3.40. The first-order valence-corrected chi connectivity index (χ1v) is 7.27. The van der Waals surface area contributed by atoms with Crippen LogP contribution in [0.3, 0.4) is 0 Å². The maximum atomic E-state index is 12.7. The molecule has 2 rings (SSSR count). The summed E-state index contributed by atoms with van der Waals surface area (Å²) in [6, 6.07) is -0.509. The first-order chi connectivity index (χ1) is 9.82. The van der Waals surface area contributed by atoms with Crippen LogP contribution in [0.4, 0.5) is 0 Å². The molecule has 21 heavy (non-hydrogen) atoms. The van der Waals surface area contributed by atoms with Crippen LogP contribution in [0.5, 0.6) is 0 Å². The fraction of sp³-hybridized carbons (Fsp3) is 0.714. The van der Waals surface area contributed by atoms with Gasteiger partial charge in [0.1, 0.15) is 18.2 Å². The van der Waals surface area contributed by atoms with Crippen LogP contribution in [-0.4, -0.2) is 44.1 Å². The van der Waals surface area contributed by atoms with Crippen LogP contribution in [0.25, 0.3) is 0 Å². The molecule has 1 saturated heterocycles. The van der Waals surface area contributed by atoms with E-state index in [2.05, 4.69) is 15.4 Å². The number of hydrogen-bond acceptors (Lipinski definition) is 4. The molecule has 1 N–H and O–H groups in total. The smallest absolute Gasteiger partial charge is 0.246 e. The maximum absolute atomic E-state index is 12.7. The van der Waals surface area contributed by atoms with E-state index in [1.54, 1.807) is 9.58 Å². The molecule has 7 nitrogen and oxygen atoms in total.